The molecule has 0 aromatic rings. The lowest BCUT2D eigenvalue weighted by Gasteiger charge is -2.48. The molecule has 30 atom stereocenters. The number of hydrogen-bond acceptors (Lipinski definition) is 34. The van der Waals surface area contributed by atoms with Gasteiger partial charge in [0.2, 0.25) is 12.6 Å². The SMILES string of the molecule is CC(/C=C/C=C(\C)C(=O)O[C@@H]1O[C@H](CO[C@H]2O[C@@H](CO)[C@H](O)[C@@H](O)[C@@H]2O)[C@@H](O)[C@H](O)[C@H]1O)=C\C=C\C=C(C)\C=C\C=C(/C)C(=O)O[C@@H]1O[C@H](CO[C@H]2O[C@@H](CO)[C@H](OC3O[C@H](CO)[C@@H](OC4O[C@H](CO)[C@@H](O)[C@H](O)[C@H]4O)[C@H](O)[C@H]3O)[C@@H](O)[C@@H]2O)[C@@H](O)[C@H](O)[C@H]1O. The highest BCUT2D eigenvalue weighted by Crippen LogP contribution is 2.34. The fourth-order valence-electron chi connectivity index (χ4n) is 9.82. The van der Waals surface area contributed by atoms with Crippen LogP contribution in [0.25, 0.3) is 0 Å². The van der Waals surface area contributed by atoms with Crippen molar-refractivity contribution in [3.05, 3.63) is 83.1 Å². The van der Waals surface area contributed by atoms with Gasteiger partial charge in [-0.3, -0.25) is 0 Å². The van der Waals surface area contributed by atoms with Gasteiger partial charge in [0, 0.05) is 11.1 Å². The fourth-order valence-corrected chi connectivity index (χ4v) is 9.82. The van der Waals surface area contributed by atoms with E-state index >= 15 is 0 Å². The summed E-state index contributed by atoms with van der Waals surface area (Å²) in [6, 6.07) is 0. The smallest absolute Gasteiger partial charge is 0.336 e. The minimum Gasteiger partial charge on any atom is -0.429 e. The lowest BCUT2D eigenvalue weighted by atomic mass is 9.96. The third-order valence-electron chi connectivity index (χ3n) is 15.4. The summed E-state index contributed by atoms with van der Waals surface area (Å²) >= 11 is 0. The van der Waals surface area contributed by atoms with Crippen LogP contribution in [0.5, 0.6) is 0 Å². The van der Waals surface area contributed by atoms with Crippen molar-refractivity contribution < 1.29 is 169 Å². The minimum absolute atomic E-state index is 0.000318. The number of rotatable bonds is 24. The van der Waals surface area contributed by atoms with Crippen LogP contribution in [0.4, 0.5) is 0 Å². The highest BCUT2D eigenvalue weighted by molar-refractivity contribution is 5.88. The molecule has 6 fully saturated rings. The van der Waals surface area contributed by atoms with Crippen LogP contribution in [0.1, 0.15) is 27.7 Å². The summed E-state index contributed by atoms with van der Waals surface area (Å²) in [5.41, 5.74) is 1.50. The second kappa shape index (κ2) is 34.4. The molecule has 34 nitrogen and oxygen atoms in total. The molecule has 0 aromatic carbocycles. The van der Waals surface area contributed by atoms with Gasteiger partial charge in [-0.15, -0.1) is 0 Å². The number of ether oxygens (including phenoxy) is 12. The second-order valence-electron chi connectivity index (χ2n) is 22.1. The number of esters is 2. The molecule has 6 rings (SSSR count). The first-order valence-corrected chi connectivity index (χ1v) is 28.5. The van der Waals surface area contributed by atoms with E-state index in [0.717, 1.165) is 11.1 Å². The molecule has 90 heavy (non-hydrogen) atoms. The highest BCUT2D eigenvalue weighted by atomic mass is 16.8. The predicted molar refractivity (Wildman–Crippen MR) is 293 cm³/mol. The maximum absolute atomic E-state index is 13.1. The predicted octanol–water partition coefficient (Wildman–Crippen LogP) is -9.58. The van der Waals surface area contributed by atoms with Crippen LogP contribution in [0.3, 0.4) is 0 Å². The van der Waals surface area contributed by atoms with Crippen molar-refractivity contribution in [3.8, 4) is 0 Å². The number of carbonyl (C=O) groups excluding carboxylic acids is 2. The molecule has 0 radical (unpaired) electrons. The minimum atomic E-state index is -2.08. The average Bonchev–Trinajstić information content (AvgIpc) is 0.826. The standard InChI is InChI=1S/C56H84O34/c1-21(11-7-13-23(3)49(77)89-55-43(73)37(67)33(63)29(85-55)19-79-51-41(71)35(65)31(61)25(15-57)81-51)9-5-6-10-22(2)12-8-14-24(4)50(78)90-56-44(74)38(68)34(64)30(86-56)20-80-52-45(75)39(69)47(27(17-59)83-52)88-54-46(76)40(70)48(28(18-60)84-54)87-53-42(72)36(66)32(62)26(16-58)82-53/h5-14,25-48,51-76H,15-20H2,1-4H3/b6-5+,11-7+,12-8+,21-9+,22-10+,23-13+,24-14+/t25-,26+,27-,28+,29+,30+,31-,32+,33+,34+,35+,36-,37-,38-,39-,40+,41-,42+,43+,44+,45-,46+,47-,48+,51-,52-,53?,54?,55-,56-/m0/s1. The number of aliphatic hydroxyl groups excluding tert-OH is 20. The van der Waals surface area contributed by atoms with E-state index in [4.69, 9.17) is 56.8 Å². The van der Waals surface area contributed by atoms with Crippen LogP contribution < -0.4 is 0 Å². The van der Waals surface area contributed by atoms with Gasteiger partial charge < -0.3 is 159 Å². The van der Waals surface area contributed by atoms with E-state index in [1.807, 2.05) is 0 Å². The third-order valence-corrected chi connectivity index (χ3v) is 15.4. The van der Waals surface area contributed by atoms with Crippen molar-refractivity contribution in [3.63, 3.8) is 0 Å². The maximum Gasteiger partial charge on any atom is 0.336 e. The van der Waals surface area contributed by atoms with Gasteiger partial charge in [0.1, 0.15) is 146 Å². The van der Waals surface area contributed by atoms with E-state index in [9.17, 15) is 112 Å². The van der Waals surface area contributed by atoms with Crippen LogP contribution in [0, 0.1) is 0 Å². The average molecular weight is 1300 g/mol. The zero-order valence-corrected chi connectivity index (χ0v) is 49.0. The fraction of sp³-hybridized carbons (Fsp3) is 0.714. The summed E-state index contributed by atoms with van der Waals surface area (Å²) in [5, 5.41) is 208. The Labute approximate surface area is 514 Å². The van der Waals surface area contributed by atoms with E-state index < -0.39 is 236 Å². The van der Waals surface area contributed by atoms with E-state index in [0.29, 0.717) is 0 Å². The Morgan fingerprint density at radius 3 is 0.967 bits per heavy atom. The summed E-state index contributed by atoms with van der Waals surface area (Å²) in [7, 11) is 0. The monoisotopic (exact) mass is 1300 g/mol. The number of aliphatic hydroxyl groups is 20. The zero-order chi connectivity index (χ0) is 66.6. The van der Waals surface area contributed by atoms with Crippen molar-refractivity contribution in [2.75, 3.05) is 39.6 Å². The van der Waals surface area contributed by atoms with Crippen LogP contribution in [-0.2, 0) is 66.4 Å². The molecule has 6 saturated heterocycles. The molecular formula is C56H84O34. The van der Waals surface area contributed by atoms with Gasteiger partial charge in [0.15, 0.2) is 25.2 Å². The Morgan fingerprint density at radius 1 is 0.322 bits per heavy atom. The van der Waals surface area contributed by atoms with Crippen molar-refractivity contribution >= 4 is 11.9 Å². The first-order valence-electron chi connectivity index (χ1n) is 28.5. The zero-order valence-electron chi connectivity index (χ0n) is 49.0. The molecule has 6 heterocycles. The molecule has 6 aliphatic rings. The molecule has 0 aliphatic carbocycles. The molecule has 0 aromatic heterocycles. The summed E-state index contributed by atoms with van der Waals surface area (Å²) in [6.07, 6.45) is -37.5. The number of hydrogen-bond donors (Lipinski definition) is 20. The summed E-state index contributed by atoms with van der Waals surface area (Å²) in [4.78, 5) is 26.0. The number of carbonyl (C=O) groups is 2. The lowest BCUT2D eigenvalue weighted by molar-refractivity contribution is -0.381. The van der Waals surface area contributed by atoms with Crippen molar-refractivity contribution in [2.24, 2.45) is 0 Å². The second-order valence-corrected chi connectivity index (χ2v) is 22.1. The summed E-state index contributed by atoms with van der Waals surface area (Å²) < 4.78 is 65.5. The first-order chi connectivity index (χ1) is 42.6. The Morgan fingerprint density at radius 2 is 0.600 bits per heavy atom. The largest absolute Gasteiger partial charge is 0.429 e. The molecule has 34 heteroatoms. The van der Waals surface area contributed by atoms with Crippen LogP contribution >= 0.6 is 0 Å². The van der Waals surface area contributed by atoms with Gasteiger partial charge in [-0.1, -0.05) is 71.9 Å². The van der Waals surface area contributed by atoms with Gasteiger partial charge in [-0.05, 0) is 27.7 Å². The molecule has 0 saturated carbocycles. The van der Waals surface area contributed by atoms with E-state index in [1.165, 1.54) is 38.2 Å². The van der Waals surface area contributed by atoms with Crippen molar-refractivity contribution in [1.82, 2.24) is 0 Å². The van der Waals surface area contributed by atoms with Crippen LogP contribution in [0.15, 0.2) is 83.1 Å². The topological polar surface area (TPSA) is 550 Å². The van der Waals surface area contributed by atoms with Gasteiger partial charge in [-0.25, -0.2) is 9.59 Å². The summed E-state index contributed by atoms with van der Waals surface area (Å²) in [6.45, 7) is 1.48. The number of allylic oxidation sites excluding steroid dienone is 12. The molecule has 0 spiro atoms. The molecule has 0 amide bonds. The van der Waals surface area contributed by atoms with Crippen LogP contribution in [-0.4, -0.2) is 338 Å². The third kappa shape index (κ3) is 18.4. The summed E-state index contributed by atoms with van der Waals surface area (Å²) in [5.74, 6) is -1.97. The van der Waals surface area contributed by atoms with E-state index in [-0.39, 0.29) is 11.1 Å². The Bertz CT molecular complexity index is 2500. The quantitative estimate of drug-likeness (QED) is 0.0242. The van der Waals surface area contributed by atoms with Crippen molar-refractivity contribution in [2.45, 2.75) is 212 Å². The van der Waals surface area contributed by atoms with E-state index in [1.54, 1.807) is 50.3 Å². The molecular weight excluding hydrogens is 1220 g/mol. The van der Waals surface area contributed by atoms with Crippen molar-refractivity contribution in [1.29, 1.82) is 0 Å². The first kappa shape index (κ1) is 75.0. The molecule has 2 unspecified atom stereocenters. The molecule has 0 bridgehead atoms. The highest BCUT2D eigenvalue weighted by Gasteiger charge is 2.55. The Balaban J connectivity index is 0.943. The Hall–Kier alpha value is -4.08. The normalized spacial score (nSPS) is 43.7. The lowest BCUT2D eigenvalue weighted by Crippen LogP contribution is -2.66. The molecule has 6 aliphatic heterocycles. The Kier molecular flexibility index (Phi) is 28.6. The molecule has 20 N–H and O–H groups in total. The van der Waals surface area contributed by atoms with Gasteiger partial charge in [0.05, 0.1) is 39.6 Å². The maximum atomic E-state index is 13.1. The van der Waals surface area contributed by atoms with Crippen LogP contribution in [0.2, 0.25) is 0 Å². The van der Waals surface area contributed by atoms with Gasteiger partial charge in [-0.2, -0.15) is 0 Å². The van der Waals surface area contributed by atoms with E-state index in [2.05, 4.69) is 0 Å². The van der Waals surface area contributed by atoms with Gasteiger partial charge >= 0.3 is 11.9 Å². The molecule has 512 valence electrons. The van der Waals surface area contributed by atoms with Gasteiger partial charge in [0.25, 0.3) is 0 Å².